The van der Waals surface area contributed by atoms with Gasteiger partial charge in [-0.3, -0.25) is 9.89 Å². The lowest BCUT2D eigenvalue weighted by Crippen LogP contribution is -2.41. The Balaban J connectivity index is 1.23. The minimum atomic E-state index is 0.0510. The van der Waals surface area contributed by atoms with Crippen molar-refractivity contribution in [3.63, 3.8) is 0 Å². The zero-order valence-electron chi connectivity index (χ0n) is 16.7. The number of aryl methyl sites for hydroxylation is 1. The summed E-state index contributed by atoms with van der Waals surface area (Å²) < 4.78 is 5.63. The largest absolute Gasteiger partial charge is 0.484 e. The zero-order chi connectivity index (χ0) is 20.1. The number of H-pyrrole nitrogens is 1. The molecule has 1 fully saturated rings. The molecule has 1 aliphatic rings. The number of amides is 1. The van der Waals surface area contributed by atoms with Crippen molar-refractivity contribution in [1.82, 2.24) is 20.1 Å². The molecule has 6 heteroatoms. The first-order valence-corrected chi connectivity index (χ1v) is 10.1. The maximum atomic E-state index is 12.4. The summed E-state index contributed by atoms with van der Waals surface area (Å²) in [5.74, 6) is 2.94. The fourth-order valence-electron chi connectivity index (χ4n) is 3.63. The second kappa shape index (κ2) is 8.90. The molecule has 0 bridgehead atoms. The lowest BCUT2D eigenvalue weighted by Gasteiger charge is -2.31. The Bertz CT molecular complexity index is 929. The van der Waals surface area contributed by atoms with Crippen LogP contribution in [0, 0.1) is 12.8 Å². The predicted molar refractivity (Wildman–Crippen MR) is 112 cm³/mol. The number of nitrogens with one attached hydrogen (secondary N) is 1. The first kappa shape index (κ1) is 19.2. The van der Waals surface area contributed by atoms with Gasteiger partial charge in [-0.15, -0.1) is 0 Å². The number of nitrogens with zero attached hydrogens (tertiary/aromatic N) is 3. The van der Waals surface area contributed by atoms with Crippen LogP contribution in [0.2, 0.25) is 0 Å². The van der Waals surface area contributed by atoms with E-state index in [0.29, 0.717) is 5.92 Å². The van der Waals surface area contributed by atoms with Gasteiger partial charge in [-0.1, -0.05) is 48.0 Å². The normalized spacial score (nSPS) is 14.7. The standard InChI is InChI=1S/C23H26N4O2/c1-17-7-9-20(10-8-17)29-16-22(28)27-13-11-18(12-14-27)15-21-24-23(26-25-21)19-5-3-2-4-6-19/h2-10,18H,11-16H2,1H3,(H,24,25,26). The molecule has 2 aromatic carbocycles. The van der Waals surface area contributed by atoms with E-state index in [9.17, 15) is 4.79 Å². The fraction of sp³-hybridized carbons (Fsp3) is 0.348. The van der Waals surface area contributed by atoms with Gasteiger partial charge in [0.25, 0.3) is 5.91 Å². The number of piperidine rings is 1. The quantitative estimate of drug-likeness (QED) is 0.698. The van der Waals surface area contributed by atoms with E-state index < -0.39 is 0 Å². The molecule has 0 aliphatic carbocycles. The lowest BCUT2D eigenvalue weighted by molar-refractivity contribution is -0.134. The molecule has 0 unspecified atom stereocenters. The van der Waals surface area contributed by atoms with Crippen LogP contribution in [0.5, 0.6) is 5.75 Å². The summed E-state index contributed by atoms with van der Waals surface area (Å²) in [5, 5.41) is 7.40. The summed E-state index contributed by atoms with van der Waals surface area (Å²) in [4.78, 5) is 19.0. The van der Waals surface area contributed by atoms with Crippen molar-refractivity contribution in [1.29, 1.82) is 0 Å². The number of rotatable bonds is 6. The summed E-state index contributed by atoms with van der Waals surface area (Å²) in [6.45, 7) is 3.65. The molecule has 0 atom stereocenters. The highest BCUT2D eigenvalue weighted by Crippen LogP contribution is 2.22. The highest BCUT2D eigenvalue weighted by molar-refractivity contribution is 5.77. The molecule has 1 aromatic heterocycles. The van der Waals surface area contributed by atoms with Crippen molar-refractivity contribution in [2.24, 2.45) is 5.92 Å². The van der Waals surface area contributed by atoms with E-state index in [2.05, 4.69) is 15.2 Å². The van der Waals surface area contributed by atoms with Crippen LogP contribution >= 0.6 is 0 Å². The minimum absolute atomic E-state index is 0.0510. The van der Waals surface area contributed by atoms with Gasteiger partial charge in [0, 0.05) is 25.1 Å². The van der Waals surface area contributed by atoms with Crippen molar-refractivity contribution >= 4 is 5.91 Å². The highest BCUT2D eigenvalue weighted by atomic mass is 16.5. The SMILES string of the molecule is Cc1ccc(OCC(=O)N2CCC(Cc3nc(-c4ccccc4)n[nH]3)CC2)cc1. The van der Waals surface area contributed by atoms with Crippen molar-refractivity contribution in [2.75, 3.05) is 19.7 Å². The maximum absolute atomic E-state index is 12.4. The molecular weight excluding hydrogens is 364 g/mol. The number of hydrogen-bond donors (Lipinski definition) is 1. The van der Waals surface area contributed by atoms with Gasteiger partial charge in [-0.2, -0.15) is 5.10 Å². The Labute approximate surface area is 170 Å². The van der Waals surface area contributed by atoms with E-state index in [1.165, 1.54) is 5.56 Å². The van der Waals surface area contributed by atoms with Crippen LogP contribution in [0.25, 0.3) is 11.4 Å². The Hall–Kier alpha value is -3.15. The van der Waals surface area contributed by atoms with Crippen molar-refractivity contribution < 1.29 is 9.53 Å². The van der Waals surface area contributed by atoms with Crippen LogP contribution in [0.1, 0.15) is 24.2 Å². The van der Waals surface area contributed by atoms with Crippen molar-refractivity contribution in [3.05, 3.63) is 66.0 Å². The van der Waals surface area contributed by atoms with Crippen LogP contribution in [0.15, 0.2) is 54.6 Å². The third-order valence-corrected chi connectivity index (χ3v) is 5.40. The van der Waals surface area contributed by atoms with E-state index in [-0.39, 0.29) is 12.5 Å². The van der Waals surface area contributed by atoms with Crippen LogP contribution in [-0.4, -0.2) is 45.7 Å². The second-order valence-electron chi connectivity index (χ2n) is 7.60. The average Bonchev–Trinajstić information content (AvgIpc) is 3.23. The number of aromatic nitrogens is 3. The van der Waals surface area contributed by atoms with E-state index in [1.54, 1.807) is 0 Å². The smallest absolute Gasteiger partial charge is 0.260 e. The fourth-order valence-corrected chi connectivity index (χ4v) is 3.63. The van der Waals surface area contributed by atoms with Gasteiger partial charge in [0.15, 0.2) is 12.4 Å². The predicted octanol–water partition coefficient (Wildman–Crippen LogP) is 3.64. The second-order valence-corrected chi connectivity index (χ2v) is 7.60. The molecule has 1 N–H and O–H groups in total. The van der Waals surface area contributed by atoms with Gasteiger partial charge in [0.1, 0.15) is 11.6 Å². The van der Waals surface area contributed by atoms with Crippen molar-refractivity contribution in [3.8, 4) is 17.1 Å². The Morgan fingerprint density at radius 3 is 2.55 bits per heavy atom. The van der Waals surface area contributed by atoms with E-state index in [0.717, 1.165) is 55.3 Å². The van der Waals surface area contributed by atoms with Gasteiger partial charge in [-0.25, -0.2) is 4.98 Å². The molecule has 29 heavy (non-hydrogen) atoms. The van der Waals surface area contributed by atoms with Gasteiger partial charge in [0.05, 0.1) is 0 Å². The number of carbonyl (C=O) groups excluding carboxylic acids is 1. The maximum Gasteiger partial charge on any atom is 0.260 e. The molecule has 0 saturated carbocycles. The topological polar surface area (TPSA) is 71.1 Å². The van der Waals surface area contributed by atoms with E-state index >= 15 is 0 Å². The van der Waals surface area contributed by atoms with E-state index in [4.69, 9.17) is 4.74 Å². The van der Waals surface area contributed by atoms with E-state index in [1.807, 2.05) is 66.4 Å². The molecule has 4 rings (SSSR count). The van der Waals surface area contributed by atoms with Gasteiger partial charge < -0.3 is 9.64 Å². The Morgan fingerprint density at radius 1 is 1.10 bits per heavy atom. The zero-order valence-corrected chi connectivity index (χ0v) is 16.7. The molecule has 150 valence electrons. The first-order chi connectivity index (χ1) is 14.2. The molecule has 0 radical (unpaired) electrons. The number of aromatic amines is 1. The van der Waals surface area contributed by atoms with Gasteiger partial charge in [-0.05, 0) is 37.8 Å². The average molecular weight is 390 g/mol. The molecule has 6 nitrogen and oxygen atoms in total. The summed E-state index contributed by atoms with van der Waals surface area (Å²) >= 11 is 0. The molecular formula is C23H26N4O2. The monoisotopic (exact) mass is 390 g/mol. The number of carbonyl (C=O) groups is 1. The minimum Gasteiger partial charge on any atom is -0.484 e. The number of benzene rings is 2. The van der Waals surface area contributed by atoms with Gasteiger partial charge >= 0.3 is 0 Å². The number of ether oxygens (including phenoxy) is 1. The molecule has 1 saturated heterocycles. The summed E-state index contributed by atoms with van der Waals surface area (Å²) in [5.41, 5.74) is 2.19. The van der Waals surface area contributed by atoms with Crippen molar-refractivity contribution in [2.45, 2.75) is 26.2 Å². The number of likely N-dealkylation sites (tertiary alicyclic amines) is 1. The van der Waals surface area contributed by atoms with Crippen LogP contribution < -0.4 is 4.74 Å². The first-order valence-electron chi connectivity index (χ1n) is 10.1. The van der Waals surface area contributed by atoms with Gasteiger partial charge in [0.2, 0.25) is 0 Å². The molecule has 1 aliphatic heterocycles. The summed E-state index contributed by atoms with van der Waals surface area (Å²) in [6, 6.07) is 17.7. The number of hydrogen-bond acceptors (Lipinski definition) is 4. The molecule has 0 spiro atoms. The third kappa shape index (κ3) is 5.02. The van der Waals surface area contributed by atoms with Crippen LogP contribution in [0.4, 0.5) is 0 Å². The Kier molecular flexibility index (Phi) is 5.89. The highest BCUT2D eigenvalue weighted by Gasteiger charge is 2.24. The van der Waals surface area contributed by atoms with Crippen LogP contribution in [0.3, 0.4) is 0 Å². The third-order valence-electron chi connectivity index (χ3n) is 5.40. The molecule has 2 heterocycles. The van der Waals surface area contributed by atoms with Crippen LogP contribution in [-0.2, 0) is 11.2 Å². The summed E-state index contributed by atoms with van der Waals surface area (Å²) in [6.07, 6.45) is 2.80. The summed E-state index contributed by atoms with van der Waals surface area (Å²) in [7, 11) is 0. The Morgan fingerprint density at radius 2 is 1.83 bits per heavy atom. The lowest BCUT2D eigenvalue weighted by atomic mass is 9.93. The molecule has 3 aromatic rings. The molecule has 1 amide bonds.